The molecule has 0 fully saturated rings. The molecule has 0 aliphatic heterocycles. The molecular formula is C11H17N3O. The predicted molar refractivity (Wildman–Crippen MR) is 60.5 cm³/mol. The van der Waals surface area contributed by atoms with Crippen molar-refractivity contribution in [3.05, 3.63) is 24.0 Å². The molecule has 4 nitrogen and oxygen atoms in total. The van der Waals surface area contributed by atoms with Crippen LogP contribution in [0.15, 0.2) is 18.5 Å². The number of hydrogen-bond acceptors (Lipinski definition) is 4. The first-order chi connectivity index (χ1) is 6.99. The van der Waals surface area contributed by atoms with Gasteiger partial charge in [-0.2, -0.15) is 0 Å². The summed E-state index contributed by atoms with van der Waals surface area (Å²) in [4.78, 5) is 15.9. The summed E-state index contributed by atoms with van der Waals surface area (Å²) in [5, 5.41) is 0. The van der Waals surface area contributed by atoms with E-state index < -0.39 is 5.54 Å². The Labute approximate surface area is 89.7 Å². The monoisotopic (exact) mass is 207 g/mol. The number of pyridine rings is 1. The molecule has 0 amide bonds. The highest BCUT2D eigenvalue weighted by atomic mass is 16.1. The zero-order valence-corrected chi connectivity index (χ0v) is 9.16. The van der Waals surface area contributed by atoms with Crippen LogP contribution in [-0.4, -0.2) is 16.3 Å². The Hall–Kier alpha value is -1.42. The lowest BCUT2D eigenvalue weighted by Crippen LogP contribution is -2.45. The Morgan fingerprint density at radius 3 is 2.80 bits per heavy atom. The van der Waals surface area contributed by atoms with Gasteiger partial charge >= 0.3 is 0 Å². The number of anilines is 1. The van der Waals surface area contributed by atoms with Crippen molar-refractivity contribution in [1.82, 2.24) is 4.98 Å². The number of rotatable bonds is 4. The molecule has 1 heterocycles. The highest BCUT2D eigenvalue weighted by Gasteiger charge is 2.29. The van der Waals surface area contributed by atoms with Crippen molar-refractivity contribution >= 4 is 11.5 Å². The SMILES string of the molecule is CCCC(C)(N)C(=O)c1cnccc1N. The van der Waals surface area contributed by atoms with Crippen LogP contribution in [0.1, 0.15) is 37.0 Å². The van der Waals surface area contributed by atoms with Gasteiger partial charge in [0.25, 0.3) is 0 Å². The molecule has 4 heteroatoms. The summed E-state index contributed by atoms with van der Waals surface area (Å²) in [5.74, 6) is -0.144. The quantitative estimate of drug-likeness (QED) is 0.730. The van der Waals surface area contributed by atoms with Gasteiger partial charge in [0.2, 0.25) is 0 Å². The second-order valence-corrected chi connectivity index (χ2v) is 3.96. The number of Topliss-reactive ketones (excluding diaryl/α,β-unsaturated/α-hetero) is 1. The zero-order chi connectivity index (χ0) is 11.5. The van der Waals surface area contributed by atoms with Crippen LogP contribution in [0, 0.1) is 0 Å². The Bertz CT molecular complexity index is 361. The van der Waals surface area contributed by atoms with E-state index in [1.165, 1.54) is 6.20 Å². The molecule has 1 aromatic heterocycles. The van der Waals surface area contributed by atoms with Crippen molar-refractivity contribution < 1.29 is 4.79 Å². The zero-order valence-electron chi connectivity index (χ0n) is 9.16. The van der Waals surface area contributed by atoms with E-state index in [0.29, 0.717) is 17.7 Å². The van der Waals surface area contributed by atoms with E-state index in [0.717, 1.165) is 6.42 Å². The summed E-state index contributed by atoms with van der Waals surface area (Å²) >= 11 is 0. The molecule has 1 unspecified atom stereocenters. The van der Waals surface area contributed by atoms with Crippen LogP contribution in [-0.2, 0) is 0 Å². The standard InChI is InChI=1S/C11H17N3O/c1-3-5-11(2,13)10(15)8-7-14-6-4-9(8)12/h4,6-7H,3,5,13H2,1-2H3,(H2,12,14). The number of nitrogens with two attached hydrogens (primary N) is 2. The molecule has 0 bridgehead atoms. The van der Waals surface area contributed by atoms with Gasteiger partial charge in [0, 0.05) is 18.1 Å². The Morgan fingerprint density at radius 2 is 2.27 bits per heavy atom. The van der Waals surface area contributed by atoms with Gasteiger partial charge < -0.3 is 11.5 Å². The van der Waals surface area contributed by atoms with E-state index in [4.69, 9.17) is 11.5 Å². The van der Waals surface area contributed by atoms with Gasteiger partial charge in [0.05, 0.1) is 11.1 Å². The minimum absolute atomic E-state index is 0.144. The maximum absolute atomic E-state index is 12.0. The molecule has 1 atom stereocenters. The van der Waals surface area contributed by atoms with Crippen LogP contribution in [0.2, 0.25) is 0 Å². The van der Waals surface area contributed by atoms with Crippen molar-refractivity contribution in [3.8, 4) is 0 Å². The third-order valence-corrected chi connectivity index (χ3v) is 2.39. The number of nitrogen functional groups attached to an aromatic ring is 1. The van der Waals surface area contributed by atoms with E-state index in [2.05, 4.69) is 4.98 Å². The molecule has 0 spiro atoms. The van der Waals surface area contributed by atoms with Gasteiger partial charge in [-0.05, 0) is 19.4 Å². The first-order valence-corrected chi connectivity index (χ1v) is 5.02. The summed E-state index contributed by atoms with van der Waals surface area (Å²) < 4.78 is 0. The molecule has 0 radical (unpaired) electrons. The Kier molecular flexibility index (Phi) is 3.42. The molecule has 0 aliphatic carbocycles. The fraction of sp³-hybridized carbons (Fsp3) is 0.455. The van der Waals surface area contributed by atoms with E-state index >= 15 is 0 Å². The minimum Gasteiger partial charge on any atom is -0.398 e. The van der Waals surface area contributed by atoms with Crippen LogP contribution in [0.4, 0.5) is 5.69 Å². The van der Waals surface area contributed by atoms with Gasteiger partial charge in [-0.15, -0.1) is 0 Å². The molecule has 4 N–H and O–H groups in total. The first kappa shape index (κ1) is 11.7. The number of ketones is 1. The van der Waals surface area contributed by atoms with Crippen molar-refractivity contribution in [3.63, 3.8) is 0 Å². The summed E-state index contributed by atoms with van der Waals surface area (Å²) in [6.07, 6.45) is 4.53. The average Bonchev–Trinajstić information content (AvgIpc) is 2.17. The minimum atomic E-state index is -0.855. The molecule has 0 saturated heterocycles. The lowest BCUT2D eigenvalue weighted by Gasteiger charge is -2.22. The molecule has 0 aliphatic rings. The molecule has 1 rings (SSSR count). The lowest BCUT2D eigenvalue weighted by atomic mass is 9.88. The molecule has 15 heavy (non-hydrogen) atoms. The van der Waals surface area contributed by atoms with Crippen LogP contribution in [0.25, 0.3) is 0 Å². The normalized spacial score (nSPS) is 14.6. The van der Waals surface area contributed by atoms with E-state index in [1.807, 2.05) is 6.92 Å². The molecule has 82 valence electrons. The number of nitrogens with zero attached hydrogens (tertiary/aromatic N) is 1. The topological polar surface area (TPSA) is 82.0 Å². The molecule has 0 saturated carbocycles. The first-order valence-electron chi connectivity index (χ1n) is 5.02. The summed E-state index contributed by atoms with van der Waals surface area (Å²) in [5.41, 5.74) is 11.6. The maximum Gasteiger partial charge on any atom is 0.185 e. The van der Waals surface area contributed by atoms with Crippen molar-refractivity contribution in [2.45, 2.75) is 32.2 Å². The summed E-state index contributed by atoms with van der Waals surface area (Å²) in [7, 11) is 0. The number of aromatic nitrogens is 1. The van der Waals surface area contributed by atoms with Crippen LogP contribution >= 0.6 is 0 Å². The summed E-state index contributed by atoms with van der Waals surface area (Å²) in [6, 6.07) is 1.61. The van der Waals surface area contributed by atoms with Gasteiger partial charge in [-0.25, -0.2) is 0 Å². The predicted octanol–water partition coefficient (Wildman–Crippen LogP) is 1.36. The fourth-order valence-corrected chi connectivity index (χ4v) is 1.54. The highest BCUT2D eigenvalue weighted by Crippen LogP contribution is 2.19. The van der Waals surface area contributed by atoms with Crippen LogP contribution < -0.4 is 11.5 Å². The smallest absolute Gasteiger partial charge is 0.185 e. The lowest BCUT2D eigenvalue weighted by molar-refractivity contribution is 0.0893. The molecule has 0 aromatic carbocycles. The molecule has 1 aromatic rings. The van der Waals surface area contributed by atoms with Crippen molar-refractivity contribution in [2.75, 3.05) is 5.73 Å². The largest absolute Gasteiger partial charge is 0.398 e. The molecular weight excluding hydrogens is 190 g/mol. The second kappa shape index (κ2) is 4.40. The summed E-state index contributed by atoms with van der Waals surface area (Å²) in [6.45, 7) is 3.72. The number of carbonyl (C=O) groups is 1. The van der Waals surface area contributed by atoms with Gasteiger partial charge in [-0.3, -0.25) is 9.78 Å². The number of carbonyl (C=O) groups excluding carboxylic acids is 1. The average molecular weight is 207 g/mol. The van der Waals surface area contributed by atoms with Gasteiger partial charge in [-0.1, -0.05) is 13.3 Å². The van der Waals surface area contributed by atoms with Crippen LogP contribution in [0.3, 0.4) is 0 Å². The van der Waals surface area contributed by atoms with E-state index in [-0.39, 0.29) is 5.78 Å². The Balaban J connectivity index is 2.99. The van der Waals surface area contributed by atoms with E-state index in [1.54, 1.807) is 19.2 Å². The second-order valence-electron chi connectivity index (χ2n) is 3.96. The third-order valence-electron chi connectivity index (χ3n) is 2.39. The number of hydrogen-bond donors (Lipinski definition) is 2. The Morgan fingerprint density at radius 1 is 1.60 bits per heavy atom. The van der Waals surface area contributed by atoms with E-state index in [9.17, 15) is 4.79 Å². The van der Waals surface area contributed by atoms with Crippen molar-refractivity contribution in [1.29, 1.82) is 0 Å². The highest BCUT2D eigenvalue weighted by molar-refractivity contribution is 6.06. The van der Waals surface area contributed by atoms with Crippen molar-refractivity contribution in [2.24, 2.45) is 5.73 Å². The van der Waals surface area contributed by atoms with Crippen LogP contribution in [0.5, 0.6) is 0 Å². The third kappa shape index (κ3) is 2.53. The van der Waals surface area contributed by atoms with Gasteiger partial charge in [0.15, 0.2) is 5.78 Å². The fourth-order valence-electron chi connectivity index (χ4n) is 1.54. The maximum atomic E-state index is 12.0. The van der Waals surface area contributed by atoms with Gasteiger partial charge in [0.1, 0.15) is 0 Å².